The molecule has 3 fully saturated rings. The summed E-state index contributed by atoms with van der Waals surface area (Å²) in [6.07, 6.45) is 0. The van der Waals surface area contributed by atoms with Crippen LogP contribution in [0.25, 0.3) is 0 Å². The molecule has 5 heteroatoms. The van der Waals surface area contributed by atoms with E-state index in [0.717, 1.165) is 19.6 Å². The highest BCUT2D eigenvalue weighted by atomic mass is 16.5. The average molecular weight is 197 g/mol. The molecule has 0 radical (unpaired) electrons. The topological polar surface area (TPSA) is 63.5 Å². The minimum Gasteiger partial charge on any atom is -0.377 e. The van der Waals surface area contributed by atoms with Crippen LogP contribution in [0.4, 0.5) is 0 Å². The standard InChI is InChI=1S/C9H15N3O2/c13-9(8-3-11-8)12-6-1-10-2-7(12)5-14-4-6/h6-8,10-11H,1-5H2/t6?,7?,8-/m1/s1. The van der Waals surface area contributed by atoms with Crippen LogP contribution in [0.5, 0.6) is 0 Å². The van der Waals surface area contributed by atoms with Gasteiger partial charge in [-0.2, -0.15) is 0 Å². The van der Waals surface area contributed by atoms with E-state index < -0.39 is 0 Å². The molecule has 3 rings (SSSR count). The number of ether oxygens (including phenoxy) is 1. The van der Waals surface area contributed by atoms with Crippen LogP contribution in [0.15, 0.2) is 0 Å². The Morgan fingerprint density at radius 1 is 1.21 bits per heavy atom. The molecule has 0 aromatic carbocycles. The molecule has 0 aromatic heterocycles. The van der Waals surface area contributed by atoms with Gasteiger partial charge in [-0.25, -0.2) is 0 Å². The fourth-order valence-corrected chi connectivity index (χ4v) is 2.30. The zero-order valence-corrected chi connectivity index (χ0v) is 8.03. The maximum absolute atomic E-state index is 12.0. The second-order valence-corrected chi connectivity index (χ2v) is 4.21. The van der Waals surface area contributed by atoms with Gasteiger partial charge in [0.15, 0.2) is 0 Å². The quantitative estimate of drug-likeness (QED) is 0.485. The van der Waals surface area contributed by atoms with Gasteiger partial charge in [-0.05, 0) is 0 Å². The van der Waals surface area contributed by atoms with Gasteiger partial charge >= 0.3 is 0 Å². The molecule has 3 saturated heterocycles. The lowest BCUT2D eigenvalue weighted by Crippen LogP contribution is -2.66. The first-order valence-corrected chi connectivity index (χ1v) is 5.20. The third-order valence-corrected chi connectivity index (χ3v) is 3.13. The number of carbonyl (C=O) groups is 1. The Labute approximate surface area is 82.8 Å². The van der Waals surface area contributed by atoms with Gasteiger partial charge in [0.1, 0.15) is 0 Å². The fourth-order valence-electron chi connectivity index (χ4n) is 2.30. The van der Waals surface area contributed by atoms with Crippen molar-refractivity contribution in [2.45, 2.75) is 18.1 Å². The van der Waals surface area contributed by atoms with Crippen molar-refractivity contribution in [3.8, 4) is 0 Å². The number of fused-ring (bicyclic) bond motifs is 2. The summed E-state index contributed by atoms with van der Waals surface area (Å²) < 4.78 is 5.46. The highest BCUT2D eigenvalue weighted by Crippen LogP contribution is 2.19. The maximum Gasteiger partial charge on any atom is 0.241 e. The maximum atomic E-state index is 12.0. The third kappa shape index (κ3) is 1.32. The van der Waals surface area contributed by atoms with Crippen molar-refractivity contribution in [3.05, 3.63) is 0 Å². The van der Waals surface area contributed by atoms with E-state index in [1.165, 1.54) is 0 Å². The van der Waals surface area contributed by atoms with Gasteiger partial charge in [-0.15, -0.1) is 0 Å². The van der Waals surface area contributed by atoms with Crippen LogP contribution >= 0.6 is 0 Å². The van der Waals surface area contributed by atoms with Gasteiger partial charge < -0.3 is 20.3 Å². The Morgan fingerprint density at radius 2 is 1.86 bits per heavy atom. The van der Waals surface area contributed by atoms with Gasteiger partial charge in [0.05, 0.1) is 31.3 Å². The van der Waals surface area contributed by atoms with E-state index in [-0.39, 0.29) is 24.0 Å². The second kappa shape index (κ2) is 3.18. The normalized spacial score (nSPS) is 40.9. The van der Waals surface area contributed by atoms with E-state index in [2.05, 4.69) is 10.6 Å². The molecule has 5 nitrogen and oxygen atoms in total. The van der Waals surface area contributed by atoms with Crippen molar-refractivity contribution in [1.29, 1.82) is 0 Å². The van der Waals surface area contributed by atoms with Crippen molar-refractivity contribution in [3.63, 3.8) is 0 Å². The molecule has 0 aromatic rings. The molecule has 78 valence electrons. The monoisotopic (exact) mass is 197 g/mol. The summed E-state index contributed by atoms with van der Waals surface area (Å²) in [6, 6.07) is 0.589. The first-order chi connectivity index (χ1) is 6.86. The van der Waals surface area contributed by atoms with Gasteiger partial charge in [-0.1, -0.05) is 0 Å². The number of nitrogens with zero attached hydrogens (tertiary/aromatic N) is 1. The van der Waals surface area contributed by atoms with Crippen molar-refractivity contribution in [2.24, 2.45) is 0 Å². The molecule has 0 spiro atoms. The largest absolute Gasteiger partial charge is 0.377 e. The van der Waals surface area contributed by atoms with Crippen molar-refractivity contribution >= 4 is 5.91 Å². The summed E-state index contributed by atoms with van der Waals surface area (Å²) in [5.74, 6) is 0.268. The van der Waals surface area contributed by atoms with Crippen LogP contribution in [-0.2, 0) is 9.53 Å². The Morgan fingerprint density at radius 3 is 2.43 bits per heavy atom. The summed E-state index contributed by atoms with van der Waals surface area (Å²) in [5, 5.41) is 6.40. The highest BCUT2D eigenvalue weighted by Gasteiger charge is 2.43. The van der Waals surface area contributed by atoms with Gasteiger partial charge in [0, 0.05) is 19.6 Å². The molecule has 0 aliphatic carbocycles. The lowest BCUT2D eigenvalue weighted by molar-refractivity contribution is -0.148. The summed E-state index contributed by atoms with van der Waals surface area (Å²) in [4.78, 5) is 14.0. The average Bonchev–Trinajstić information content (AvgIpc) is 2.98. The van der Waals surface area contributed by atoms with E-state index in [0.29, 0.717) is 13.2 Å². The number of hydrogen-bond donors (Lipinski definition) is 2. The van der Waals surface area contributed by atoms with Crippen molar-refractivity contribution in [2.75, 3.05) is 32.8 Å². The van der Waals surface area contributed by atoms with E-state index in [9.17, 15) is 4.79 Å². The van der Waals surface area contributed by atoms with Crippen LogP contribution in [0, 0.1) is 0 Å². The summed E-state index contributed by atoms with van der Waals surface area (Å²) in [5.41, 5.74) is 0. The third-order valence-electron chi connectivity index (χ3n) is 3.13. The van der Waals surface area contributed by atoms with Crippen molar-refractivity contribution < 1.29 is 9.53 Å². The number of nitrogens with one attached hydrogen (secondary N) is 2. The van der Waals surface area contributed by atoms with E-state index in [1.54, 1.807) is 0 Å². The van der Waals surface area contributed by atoms with Gasteiger partial charge in [0.2, 0.25) is 5.91 Å². The number of carbonyl (C=O) groups excluding carboxylic acids is 1. The molecule has 2 N–H and O–H groups in total. The fraction of sp³-hybridized carbons (Fsp3) is 0.889. The summed E-state index contributed by atoms with van der Waals surface area (Å²) in [7, 11) is 0. The van der Waals surface area contributed by atoms with E-state index in [1.807, 2.05) is 4.90 Å². The molecular weight excluding hydrogens is 182 g/mol. The highest BCUT2D eigenvalue weighted by molar-refractivity contribution is 5.85. The SMILES string of the molecule is O=C([C@H]1CN1)N1C2CNCC1COC2. The summed E-state index contributed by atoms with van der Waals surface area (Å²) >= 11 is 0. The molecule has 0 saturated carbocycles. The molecule has 3 atom stereocenters. The molecular formula is C9H15N3O2. The van der Waals surface area contributed by atoms with Crippen LogP contribution in [0.2, 0.25) is 0 Å². The Kier molecular flexibility index (Phi) is 1.97. The zero-order chi connectivity index (χ0) is 9.54. The van der Waals surface area contributed by atoms with Crippen molar-refractivity contribution in [1.82, 2.24) is 15.5 Å². The number of morpholine rings is 1. The smallest absolute Gasteiger partial charge is 0.241 e. The lowest BCUT2D eigenvalue weighted by atomic mass is 10.1. The predicted octanol–water partition coefficient (Wildman–Crippen LogP) is -1.84. The number of rotatable bonds is 1. The number of piperazine rings is 1. The first kappa shape index (κ1) is 8.64. The minimum atomic E-state index is 0.0937. The van der Waals surface area contributed by atoms with E-state index in [4.69, 9.17) is 4.74 Å². The van der Waals surface area contributed by atoms with Gasteiger partial charge in [-0.3, -0.25) is 4.79 Å². The molecule has 3 aliphatic heterocycles. The first-order valence-electron chi connectivity index (χ1n) is 5.20. The Bertz CT molecular complexity index is 232. The number of hydrogen-bond acceptors (Lipinski definition) is 4. The van der Waals surface area contributed by atoms with Crippen LogP contribution in [0.1, 0.15) is 0 Å². The van der Waals surface area contributed by atoms with Crippen LogP contribution in [-0.4, -0.2) is 61.8 Å². The molecule has 2 bridgehead atoms. The molecule has 1 amide bonds. The second-order valence-electron chi connectivity index (χ2n) is 4.21. The molecule has 3 aliphatic rings. The molecule has 14 heavy (non-hydrogen) atoms. The molecule has 2 unspecified atom stereocenters. The Hall–Kier alpha value is -0.650. The summed E-state index contributed by atoms with van der Waals surface area (Å²) in [6.45, 7) is 3.96. The van der Waals surface area contributed by atoms with E-state index >= 15 is 0 Å². The van der Waals surface area contributed by atoms with Gasteiger partial charge in [0.25, 0.3) is 0 Å². The predicted molar refractivity (Wildman–Crippen MR) is 49.9 cm³/mol. The zero-order valence-electron chi connectivity index (χ0n) is 8.03. The lowest BCUT2D eigenvalue weighted by Gasteiger charge is -2.46. The number of amides is 1. The Balaban J connectivity index is 1.78. The van der Waals surface area contributed by atoms with Crippen LogP contribution in [0.3, 0.4) is 0 Å². The molecule has 3 heterocycles. The van der Waals surface area contributed by atoms with Crippen LogP contribution < -0.4 is 10.6 Å². The minimum absolute atomic E-state index is 0.0937.